The normalized spacial score (nSPS) is 21.2. The van der Waals surface area contributed by atoms with E-state index in [-0.39, 0.29) is 24.2 Å². The summed E-state index contributed by atoms with van der Waals surface area (Å²) in [6.45, 7) is 2.66. The number of aromatic nitrogens is 1. The highest BCUT2D eigenvalue weighted by atomic mass is 16.5. The molecule has 3 unspecified atom stereocenters. The van der Waals surface area contributed by atoms with Crippen molar-refractivity contribution in [1.29, 1.82) is 0 Å². The molecule has 126 valence electrons. The Hall–Kier alpha value is -2.40. The molecule has 3 rings (SSSR count). The van der Waals surface area contributed by atoms with Crippen molar-refractivity contribution in [2.45, 2.75) is 31.5 Å². The predicted octanol–water partition coefficient (Wildman–Crippen LogP) is 3.31. The summed E-state index contributed by atoms with van der Waals surface area (Å²) in [6, 6.07) is 13.8. The summed E-state index contributed by atoms with van der Waals surface area (Å²) in [7, 11) is 1.81. The maximum absolute atomic E-state index is 12.6. The van der Waals surface area contributed by atoms with Gasteiger partial charge in [-0.05, 0) is 30.5 Å². The Morgan fingerprint density at radius 1 is 1.29 bits per heavy atom. The van der Waals surface area contributed by atoms with Gasteiger partial charge in [0.25, 0.3) is 0 Å². The molecule has 5 nitrogen and oxygen atoms in total. The summed E-state index contributed by atoms with van der Waals surface area (Å²) in [5, 5.41) is 3.12. The van der Waals surface area contributed by atoms with Crippen LogP contribution in [0.5, 0.6) is 0 Å². The van der Waals surface area contributed by atoms with E-state index in [1.807, 2.05) is 49.4 Å². The van der Waals surface area contributed by atoms with Gasteiger partial charge < -0.3 is 15.0 Å². The molecule has 5 heteroatoms. The number of rotatable bonds is 4. The van der Waals surface area contributed by atoms with E-state index in [0.717, 1.165) is 17.5 Å². The highest BCUT2D eigenvalue weighted by molar-refractivity contribution is 5.75. The van der Waals surface area contributed by atoms with E-state index in [4.69, 9.17) is 4.74 Å². The Balaban J connectivity index is 1.65. The topological polar surface area (TPSA) is 54.5 Å². The molecule has 0 bridgehead atoms. The van der Waals surface area contributed by atoms with Gasteiger partial charge in [0, 0.05) is 26.0 Å². The molecule has 3 atom stereocenters. The van der Waals surface area contributed by atoms with Gasteiger partial charge in [0.1, 0.15) is 6.10 Å². The number of hydrogen-bond acceptors (Lipinski definition) is 3. The Morgan fingerprint density at radius 2 is 2.08 bits per heavy atom. The Labute approximate surface area is 142 Å². The van der Waals surface area contributed by atoms with Crippen LogP contribution in [0.25, 0.3) is 0 Å². The third-order valence-electron chi connectivity index (χ3n) is 4.60. The second-order valence-electron chi connectivity index (χ2n) is 6.12. The predicted molar refractivity (Wildman–Crippen MR) is 92.5 cm³/mol. The summed E-state index contributed by atoms with van der Waals surface area (Å²) in [5.41, 5.74) is 2.11. The Morgan fingerprint density at radius 3 is 2.79 bits per heavy atom. The summed E-state index contributed by atoms with van der Waals surface area (Å²) in [6.07, 6.45) is 4.26. The molecule has 1 saturated heterocycles. The highest BCUT2D eigenvalue weighted by Crippen LogP contribution is 2.29. The molecule has 24 heavy (non-hydrogen) atoms. The van der Waals surface area contributed by atoms with E-state index in [1.54, 1.807) is 24.3 Å². The van der Waals surface area contributed by atoms with Gasteiger partial charge in [0.2, 0.25) is 0 Å². The smallest absolute Gasteiger partial charge is 0.317 e. The van der Waals surface area contributed by atoms with Crippen molar-refractivity contribution >= 4 is 6.03 Å². The summed E-state index contributed by atoms with van der Waals surface area (Å²) < 4.78 is 5.83. The van der Waals surface area contributed by atoms with Gasteiger partial charge in [0.05, 0.1) is 12.1 Å². The van der Waals surface area contributed by atoms with Gasteiger partial charge in [-0.1, -0.05) is 36.4 Å². The number of carbonyl (C=O) groups excluding carboxylic acids is 1. The molecule has 1 aliphatic heterocycles. The monoisotopic (exact) mass is 325 g/mol. The largest absolute Gasteiger partial charge is 0.371 e. The van der Waals surface area contributed by atoms with Crippen molar-refractivity contribution in [3.63, 3.8) is 0 Å². The average molecular weight is 325 g/mol. The SMILES string of the molecule is CC(c1cccnc1)N(C)C(=O)NC1CCOC1c1ccccc1. The van der Waals surface area contributed by atoms with Crippen LogP contribution in [0.4, 0.5) is 4.79 Å². The van der Waals surface area contributed by atoms with Gasteiger partial charge in [0.15, 0.2) is 0 Å². The number of nitrogens with zero attached hydrogens (tertiary/aromatic N) is 2. The van der Waals surface area contributed by atoms with Crippen molar-refractivity contribution in [2.24, 2.45) is 0 Å². The standard InChI is InChI=1S/C19H23N3O2/c1-14(16-9-6-11-20-13-16)22(2)19(23)21-17-10-12-24-18(17)15-7-4-3-5-8-15/h3-9,11,13-14,17-18H,10,12H2,1-2H3,(H,21,23). The minimum Gasteiger partial charge on any atom is -0.371 e. The van der Waals surface area contributed by atoms with Crippen LogP contribution in [0.15, 0.2) is 54.9 Å². The van der Waals surface area contributed by atoms with Crippen LogP contribution in [0.1, 0.15) is 36.6 Å². The maximum atomic E-state index is 12.6. The van der Waals surface area contributed by atoms with Gasteiger partial charge >= 0.3 is 6.03 Å². The molecule has 1 aromatic carbocycles. The van der Waals surface area contributed by atoms with Crippen molar-refractivity contribution in [2.75, 3.05) is 13.7 Å². The second-order valence-corrected chi connectivity index (χ2v) is 6.12. The van der Waals surface area contributed by atoms with Crippen LogP contribution in [0, 0.1) is 0 Å². The zero-order chi connectivity index (χ0) is 16.9. The molecule has 1 N–H and O–H groups in total. The third kappa shape index (κ3) is 3.57. The Kier molecular flexibility index (Phi) is 5.11. The van der Waals surface area contributed by atoms with E-state index in [9.17, 15) is 4.79 Å². The Bertz CT molecular complexity index is 663. The molecular formula is C19H23N3O2. The molecule has 0 radical (unpaired) electrons. The van der Waals surface area contributed by atoms with Gasteiger partial charge in [-0.15, -0.1) is 0 Å². The number of carbonyl (C=O) groups is 1. The highest BCUT2D eigenvalue weighted by Gasteiger charge is 2.32. The number of nitrogens with one attached hydrogen (secondary N) is 1. The first-order valence-corrected chi connectivity index (χ1v) is 8.26. The first-order chi connectivity index (χ1) is 11.7. The third-order valence-corrected chi connectivity index (χ3v) is 4.60. The molecule has 0 saturated carbocycles. The summed E-state index contributed by atoms with van der Waals surface area (Å²) in [5.74, 6) is 0. The molecular weight excluding hydrogens is 302 g/mol. The van der Waals surface area contributed by atoms with Gasteiger partial charge in [-0.25, -0.2) is 4.79 Å². The zero-order valence-corrected chi connectivity index (χ0v) is 14.1. The van der Waals surface area contributed by atoms with Gasteiger partial charge in [-0.3, -0.25) is 4.98 Å². The van der Waals surface area contributed by atoms with E-state index < -0.39 is 0 Å². The van der Waals surface area contributed by atoms with Crippen molar-refractivity contribution in [3.05, 3.63) is 66.0 Å². The lowest BCUT2D eigenvalue weighted by Gasteiger charge is -2.28. The first kappa shape index (κ1) is 16.5. The molecule has 1 fully saturated rings. The fraction of sp³-hybridized carbons (Fsp3) is 0.368. The van der Waals surface area contributed by atoms with Crippen LogP contribution >= 0.6 is 0 Å². The summed E-state index contributed by atoms with van der Waals surface area (Å²) >= 11 is 0. The lowest BCUT2D eigenvalue weighted by Crippen LogP contribution is -2.45. The van der Waals surface area contributed by atoms with Gasteiger partial charge in [-0.2, -0.15) is 0 Å². The number of benzene rings is 1. The van der Waals surface area contributed by atoms with Crippen molar-refractivity contribution in [1.82, 2.24) is 15.2 Å². The number of ether oxygens (including phenoxy) is 1. The molecule has 0 aliphatic carbocycles. The minimum atomic E-state index is -0.0946. The minimum absolute atomic E-state index is 0.0107. The number of amides is 2. The molecule has 2 amide bonds. The van der Waals surface area contributed by atoms with E-state index in [0.29, 0.717) is 6.61 Å². The zero-order valence-electron chi connectivity index (χ0n) is 14.1. The molecule has 0 spiro atoms. The van der Waals surface area contributed by atoms with Crippen LogP contribution in [0.3, 0.4) is 0 Å². The lowest BCUT2D eigenvalue weighted by atomic mass is 10.0. The van der Waals surface area contributed by atoms with Crippen LogP contribution in [0.2, 0.25) is 0 Å². The average Bonchev–Trinajstić information content (AvgIpc) is 3.10. The van der Waals surface area contributed by atoms with Crippen molar-refractivity contribution in [3.8, 4) is 0 Å². The van der Waals surface area contributed by atoms with E-state index in [1.165, 1.54) is 0 Å². The molecule has 1 aliphatic rings. The van der Waals surface area contributed by atoms with Crippen LogP contribution < -0.4 is 5.32 Å². The number of pyridine rings is 1. The second kappa shape index (κ2) is 7.45. The fourth-order valence-corrected chi connectivity index (χ4v) is 2.99. The molecule has 1 aromatic heterocycles. The van der Waals surface area contributed by atoms with E-state index >= 15 is 0 Å². The quantitative estimate of drug-likeness (QED) is 0.938. The number of hydrogen-bond donors (Lipinski definition) is 1. The van der Waals surface area contributed by atoms with E-state index in [2.05, 4.69) is 10.3 Å². The first-order valence-electron chi connectivity index (χ1n) is 8.26. The number of urea groups is 1. The molecule has 2 heterocycles. The summed E-state index contributed by atoms with van der Waals surface area (Å²) in [4.78, 5) is 18.5. The lowest BCUT2D eigenvalue weighted by molar-refractivity contribution is 0.0978. The molecule has 2 aromatic rings. The van der Waals surface area contributed by atoms with Crippen molar-refractivity contribution < 1.29 is 9.53 Å². The van der Waals surface area contributed by atoms with Crippen LogP contribution in [-0.4, -0.2) is 35.6 Å². The maximum Gasteiger partial charge on any atom is 0.317 e. The fourth-order valence-electron chi connectivity index (χ4n) is 2.99. The van der Waals surface area contributed by atoms with Crippen LogP contribution in [-0.2, 0) is 4.74 Å².